The summed E-state index contributed by atoms with van der Waals surface area (Å²) in [5.74, 6) is -0.240. The van der Waals surface area contributed by atoms with Gasteiger partial charge in [0.05, 0.1) is 9.50 Å². The van der Waals surface area contributed by atoms with Crippen molar-refractivity contribution in [2.24, 2.45) is 0 Å². The lowest BCUT2D eigenvalue weighted by atomic mass is 9.99. The maximum Gasteiger partial charge on any atom is 0.137 e. The van der Waals surface area contributed by atoms with Crippen LogP contribution < -0.4 is 5.32 Å². The Bertz CT molecular complexity index is 636. The van der Waals surface area contributed by atoms with Crippen molar-refractivity contribution in [1.82, 2.24) is 5.32 Å². The van der Waals surface area contributed by atoms with E-state index in [1.807, 2.05) is 24.3 Å². The Hall–Kier alpha value is -0.170. The van der Waals surface area contributed by atoms with Gasteiger partial charge in [0.2, 0.25) is 0 Å². The van der Waals surface area contributed by atoms with E-state index in [9.17, 15) is 4.39 Å². The number of halogens is 4. The molecule has 0 spiro atoms. The average Bonchev–Trinajstić information content (AvgIpc) is 2.45. The van der Waals surface area contributed by atoms with Crippen molar-refractivity contribution in [3.05, 3.63) is 66.4 Å². The second kappa shape index (κ2) is 7.90. The minimum absolute atomic E-state index is 0.155. The molecule has 2 rings (SSSR count). The molecule has 5 heteroatoms. The Morgan fingerprint density at radius 2 is 2.05 bits per heavy atom. The lowest BCUT2D eigenvalue weighted by Crippen LogP contribution is -2.23. The molecule has 0 amide bonds. The van der Waals surface area contributed by atoms with E-state index < -0.39 is 0 Å². The second-order valence-corrected chi connectivity index (χ2v) is 7.16. The van der Waals surface area contributed by atoms with E-state index in [0.717, 1.165) is 32.7 Å². The fraction of sp³-hybridized carbons (Fsp3) is 0.250. The molecule has 2 aromatic rings. The van der Waals surface area contributed by atoms with Crippen LogP contribution in [0.2, 0.25) is 5.02 Å². The molecule has 0 radical (unpaired) electrons. The summed E-state index contributed by atoms with van der Waals surface area (Å²) >= 11 is 11.7. The Kier molecular flexibility index (Phi) is 6.47. The summed E-state index contributed by atoms with van der Waals surface area (Å²) in [5, 5.41) is 4.22. The van der Waals surface area contributed by atoms with Gasteiger partial charge in [-0.3, -0.25) is 0 Å². The highest BCUT2D eigenvalue weighted by molar-refractivity contribution is 14.1. The summed E-state index contributed by atoms with van der Waals surface area (Å²) in [7, 11) is 0. The molecule has 21 heavy (non-hydrogen) atoms. The molecule has 0 bridgehead atoms. The molecule has 0 fully saturated rings. The van der Waals surface area contributed by atoms with Crippen LogP contribution in [0.3, 0.4) is 0 Å². The second-order valence-electron chi connectivity index (χ2n) is 4.74. The first-order chi connectivity index (χ1) is 10.0. The van der Waals surface area contributed by atoms with Gasteiger partial charge >= 0.3 is 0 Å². The molecular formula is C16H15BrClFIN. The van der Waals surface area contributed by atoms with Crippen molar-refractivity contribution in [2.45, 2.75) is 19.4 Å². The molecule has 1 unspecified atom stereocenters. The van der Waals surface area contributed by atoms with Gasteiger partial charge in [0.15, 0.2) is 0 Å². The summed E-state index contributed by atoms with van der Waals surface area (Å²) in [4.78, 5) is 0. The van der Waals surface area contributed by atoms with Gasteiger partial charge in [0, 0.05) is 9.61 Å². The molecule has 1 atom stereocenters. The van der Waals surface area contributed by atoms with Crippen LogP contribution in [-0.2, 0) is 6.42 Å². The van der Waals surface area contributed by atoms with E-state index in [1.165, 1.54) is 6.07 Å². The Balaban J connectivity index is 2.25. The molecule has 0 saturated carbocycles. The first-order valence-electron chi connectivity index (χ1n) is 6.63. The topological polar surface area (TPSA) is 12.0 Å². The van der Waals surface area contributed by atoms with Crippen molar-refractivity contribution in [3.8, 4) is 0 Å². The van der Waals surface area contributed by atoms with E-state index in [4.69, 9.17) is 11.6 Å². The Labute approximate surface area is 151 Å². The summed E-state index contributed by atoms with van der Waals surface area (Å²) in [5.41, 5.74) is 2.21. The summed E-state index contributed by atoms with van der Waals surface area (Å²) < 4.78 is 14.9. The van der Waals surface area contributed by atoms with Crippen LogP contribution in [0.1, 0.15) is 24.1 Å². The number of hydrogen-bond acceptors (Lipinski definition) is 1. The molecule has 1 nitrogen and oxygen atoms in total. The minimum Gasteiger partial charge on any atom is -0.310 e. The predicted molar refractivity (Wildman–Crippen MR) is 98.4 cm³/mol. The third kappa shape index (κ3) is 4.65. The quantitative estimate of drug-likeness (QED) is 0.536. The predicted octanol–water partition coefficient (Wildman–Crippen LogP) is 5.74. The number of rotatable bonds is 5. The van der Waals surface area contributed by atoms with Gasteiger partial charge in [-0.05, 0) is 86.9 Å². The van der Waals surface area contributed by atoms with Crippen LogP contribution in [0.5, 0.6) is 0 Å². The number of benzene rings is 2. The minimum atomic E-state index is -0.240. The van der Waals surface area contributed by atoms with Gasteiger partial charge in [0.25, 0.3) is 0 Å². The molecule has 0 aliphatic rings. The smallest absolute Gasteiger partial charge is 0.137 e. The van der Waals surface area contributed by atoms with Crippen molar-refractivity contribution in [2.75, 3.05) is 6.54 Å². The molecular weight excluding hydrogens is 467 g/mol. The average molecular weight is 483 g/mol. The van der Waals surface area contributed by atoms with Crippen molar-refractivity contribution < 1.29 is 4.39 Å². The van der Waals surface area contributed by atoms with E-state index >= 15 is 0 Å². The van der Waals surface area contributed by atoms with Gasteiger partial charge in [-0.1, -0.05) is 30.7 Å². The lowest BCUT2D eigenvalue weighted by Gasteiger charge is -2.19. The first kappa shape index (κ1) is 17.2. The Morgan fingerprint density at radius 3 is 2.67 bits per heavy atom. The van der Waals surface area contributed by atoms with Crippen molar-refractivity contribution in [1.29, 1.82) is 0 Å². The van der Waals surface area contributed by atoms with E-state index in [1.54, 1.807) is 0 Å². The van der Waals surface area contributed by atoms with Gasteiger partial charge in [-0.15, -0.1) is 0 Å². The summed E-state index contributed by atoms with van der Waals surface area (Å²) in [6.07, 6.45) is 0.781. The van der Waals surface area contributed by atoms with Crippen LogP contribution in [0.4, 0.5) is 4.39 Å². The van der Waals surface area contributed by atoms with Crippen LogP contribution in [0, 0.1) is 9.39 Å². The highest BCUT2D eigenvalue weighted by atomic mass is 127. The molecule has 2 aromatic carbocycles. The lowest BCUT2D eigenvalue weighted by molar-refractivity contribution is 0.548. The van der Waals surface area contributed by atoms with E-state index in [0.29, 0.717) is 4.47 Å². The fourth-order valence-corrected chi connectivity index (χ4v) is 3.14. The van der Waals surface area contributed by atoms with Crippen molar-refractivity contribution >= 4 is 50.1 Å². The van der Waals surface area contributed by atoms with E-state index in [-0.39, 0.29) is 11.9 Å². The molecule has 1 N–H and O–H groups in total. The molecule has 0 aliphatic carbocycles. The van der Waals surface area contributed by atoms with E-state index in [2.05, 4.69) is 56.8 Å². The molecule has 112 valence electrons. The maximum atomic E-state index is 13.3. The zero-order valence-corrected chi connectivity index (χ0v) is 16.0. The number of likely N-dealkylation sites (N-methyl/N-ethyl adjacent to an activating group) is 1. The highest BCUT2D eigenvalue weighted by Gasteiger charge is 2.13. The third-order valence-corrected chi connectivity index (χ3v) is 5.40. The van der Waals surface area contributed by atoms with Crippen LogP contribution >= 0.6 is 50.1 Å². The van der Waals surface area contributed by atoms with Crippen LogP contribution in [-0.4, -0.2) is 6.54 Å². The maximum absolute atomic E-state index is 13.3. The molecule has 0 saturated heterocycles. The van der Waals surface area contributed by atoms with Crippen LogP contribution in [0.15, 0.2) is 40.9 Å². The standard InChI is InChI=1S/C16H15BrClFIN/c1-2-21-16(11-4-6-15(20)13(18)9-11)8-10-3-5-14(19)12(17)7-10/h3-7,9,16,21H,2,8H2,1H3. The van der Waals surface area contributed by atoms with Gasteiger partial charge in [0.1, 0.15) is 5.82 Å². The summed E-state index contributed by atoms with van der Waals surface area (Å²) in [6, 6.07) is 11.4. The third-order valence-electron chi connectivity index (χ3n) is 3.22. The zero-order chi connectivity index (χ0) is 15.4. The summed E-state index contributed by atoms with van der Waals surface area (Å²) in [6.45, 7) is 2.93. The normalized spacial score (nSPS) is 12.4. The van der Waals surface area contributed by atoms with Gasteiger partial charge < -0.3 is 5.32 Å². The van der Waals surface area contributed by atoms with Gasteiger partial charge in [-0.2, -0.15) is 0 Å². The zero-order valence-electron chi connectivity index (χ0n) is 11.5. The van der Waals surface area contributed by atoms with Crippen LogP contribution in [0.25, 0.3) is 0 Å². The molecule has 0 aromatic heterocycles. The number of hydrogen-bond donors (Lipinski definition) is 1. The Morgan fingerprint density at radius 1 is 1.29 bits per heavy atom. The van der Waals surface area contributed by atoms with Crippen molar-refractivity contribution in [3.63, 3.8) is 0 Å². The highest BCUT2D eigenvalue weighted by Crippen LogP contribution is 2.26. The number of nitrogens with one attached hydrogen (secondary N) is 1. The monoisotopic (exact) mass is 481 g/mol. The molecule has 0 heterocycles. The SMILES string of the molecule is CCNC(Cc1ccc(F)c(Br)c1)c1ccc(I)c(Cl)c1. The fourth-order valence-electron chi connectivity index (χ4n) is 2.19. The van der Waals surface area contributed by atoms with Gasteiger partial charge in [-0.25, -0.2) is 4.39 Å². The largest absolute Gasteiger partial charge is 0.310 e. The first-order valence-corrected chi connectivity index (χ1v) is 8.88. The molecule has 0 aliphatic heterocycles.